The first-order valence-corrected chi connectivity index (χ1v) is 6.82. The minimum Gasteiger partial charge on any atom is -0.351 e. The fraction of sp³-hybridized carbons (Fsp3) is 0.786. The number of amides is 1. The third kappa shape index (κ3) is 4.90. The molecule has 3 heteroatoms. The summed E-state index contributed by atoms with van der Waals surface area (Å²) < 4.78 is 0. The summed E-state index contributed by atoms with van der Waals surface area (Å²) in [6, 6.07) is 0.417. The van der Waals surface area contributed by atoms with Gasteiger partial charge in [0, 0.05) is 12.6 Å². The van der Waals surface area contributed by atoms with Gasteiger partial charge in [0.15, 0.2) is 0 Å². The van der Waals surface area contributed by atoms with Crippen molar-refractivity contribution in [1.82, 2.24) is 10.6 Å². The number of carbonyl (C=O) groups is 1. The number of hydrogen-bond donors (Lipinski definition) is 2. The van der Waals surface area contributed by atoms with Crippen molar-refractivity contribution < 1.29 is 4.79 Å². The Balaban J connectivity index is 2.24. The highest BCUT2D eigenvalue weighted by Gasteiger charge is 2.22. The fourth-order valence-corrected chi connectivity index (χ4v) is 2.49. The fourth-order valence-electron chi connectivity index (χ4n) is 2.49. The average Bonchev–Trinajstić information content (AvgIpc) is 2.36. The van der Waals surface area contributed by atoms with E-state index >= 15 is 0 Å². The normalized spacial score (nSPS) is 26.2. The molecule has 0 heterocycles. The van der Waals surface area contributed by atoms with Crippen LogP contribution in [0, 0.1) is 5.92 Å². The molecule has 0 aromatic rings. The Morgan fingerprint density at radius 2 is 2.06 bits per heavy atom. The molecule has 0 radical (unpaired) electrons. The Hall–Kier alpha value is -0.830. The van der Waals surface area contributed by atoms with Crippen molar-refractivity contribution in [3.05, 3.63) is 12.7 Å². The van der Waals surface area contributed by atoms with Gasteiger partial charge in [-0.25, -0.2) is 0 Å². The van der Waals surface area contributed by atoms with Gasteiger partial charge in [0.1, 0.15) is 0 Å². The summed E-state index contributed by atoms with van der Waals surface area (Å²) in [5.74, 6) is 0.973. The van der Waals surface area contributed by atoms with Crippen molar-refractivity contribution in [2.75, 3.05) is 6.54 Å². The van der Waals surface area contributed by atoms with E-state index in [0.717, 1.165) is 5.92 Å². The van der Waals surface area contributed by atoms with E-state index in [1.54, 1.807) is 6.08 Å². The van der Waals surface area contributed by atoms with E-state index in [1.165, 1.54) is 32.1 Å². The highest BCUT2D eigenvalue weighted by atomic mass is 16.2. The quantitative estimate of drug-likeness (QED) is 0.697. The maximum atomic E-state index is 11.7. The first kappa shape index (κ1) is 14.2. The average molecular weight is 238 g/mol. The largest absolute Gasteiger partial charge is 0.351 e. The molecule has 1 aliphatic carbocycles. The van der Waals surface area contributed by atoms with Crippen molar-refractivity contribution in [2.45, 2.75) is 58.0 Å². The summed E-state index contributed by atoms with van der Waals surface area (Å²) in [4.78, 5) is 11.7. The standard InChI is InChI=1S/C14H26N2O/c1-4-10-15-14(17)11(3)16-13-8-6-12(5-2)7-9-13/h4,11-13,16H,1,5-10H2,2-3H3,(H,15,17). The second-order valence-electron chi connectivity index (χ2n) is 5.05. The van der Waals surface area contributed by atoms with Gasteiger partial charge in [-0.2, -0.15) is 0 Å². The van der Waals surface area contributed by atoms with Crippen molar-refractivity contribution in [1.29, 1.82) is 0 Å². The summed E-state index contributed by atoms with van der Waals surface area (Å²) in [6.45, 7) is 8.34. The van der Waals surface area contributed by atoms with Crippen LogP contribution in [0.5, 0.6) is 0 Å². The number of hydrogen-bond acceptors (Lipinski definition) is 2. The van der Waals surface area contributed by atoms with E-state index in [9.17, 15) is 4.79 Å². The first-order chi connectivity index (χ1) is 8.17. The van der Waals surface area contributed by atoms with Gasteiger partial charge in [-0.05, 0) is 38.5 Å². The van der Waals surface area contributed by atoms with Crippen molar-refractivity contribution in [3.63, 3.8) is 0 Å². The third-order valence-electron chi connectivity index (χ3n) is 3.72. The van der Waals surface area contributed by atoms with Crippen LogP contribution in [0.3, 0.4) is 0 Å². The van der Waals surface area contributed by atoms with E-state index in [1.807, 2.05) is 6.92 Å². The highest BCUT2D eigenvalue weighted by molar-refractivity contribution is 5.81. The lowest BCUT2D eigenvalue weighted by Gasteiger charge is -2.30. The molecule has 0 spiro atoms. The van der Waals surface area contributed by atoms with E-state index in [0.29, 0.717) is 12.6 Å². The van der Waals surface area contributed by atoms with Crippen LogP contribution >= 0.6 is 0 Å². The molecule has 0 aromatic heterocycles. The lowest BCUT2D eigenvalue weighted by Crippen LogP contribution is -2.47. The van der Waals surface area contributed by atoms with Crippen LogP contribution in [0.1, 0.15) is 46.0 Å². The second kappa shape index (κ2) is 7.49. The zero-order valence-electron chi connectivity index (χ0n) is 11.2. The van der Waals surface area contributed by atoms with Crippen LogP contribution in [0.4, 0.5) is 0 Å². The number of nitrogens with one attached hydrogen (secondary N) is 2. The number of rotatable bonds is 6. The molecule has 1 saturated carbocycles. The summed E-state index contributed by atoms with van der Waals surface area (Å²) in [5.41, 5.74) is 0. The van der Waals surface area contributed by atoms with Gasteiger partial charge in [0.25, 0.3) is 0 Å². The number of carbonyl (C=O) groups excluding carboxylic acids is 1. The van der Waals surface area contributed by atoms with Crippen LogP contribution in [0.25, 0.3) is 0 Å². The van der Waals surface area contributed by atoms with Gasteiger partial charge in [-0.15, -0.1) is 6.58 Å². The van der Waals surface area contributed by atoms with Crippen molar-refractivity contribution in [3.8, 4) is 0 Å². The molecule has 2 N–H and O–H groups in total. The van der Waals surface area contributed by atoms with E-state index in [4.69, 9.17) is 0 Å². The highest BCUT2D eigenvalue weighted by Crippen LogP contribution is 2.26. The SMILES string of the molecule is C=CCNC(=O)C(C)NC1CCC(CC)CC1. The van der Waals surface area contributed by atoms with Crippen LogP contribution in [-0.4, -0.2) is 24.5 Å². The zero-order valence-corrected chi connectivity index (χ0v) is 11.2. The predicted molar refractivity (Wildman–Crippen MR) is 71.8 cm³/mol. The van der Waals surface area contributed by atoms with Gasteiger partial charge < -0.3 is 10.6 Å². The lowest BCUT2D eigenvalue weighted by molar-refractivity contribution is -0.122. The maximum Gasteiger partial charge on any atom is 0.237 e. The van der Waals surface area contributed by atoms with E-state index in [-0.39, 0.29) is 11.9 Å². The van der Waals surface area contributed by atoms with E-state index < -0.39 is 0 Å². The molecule has 3 nitrogen and oxygen atoms in total. The Kier molecular flexibility index (Phi) is 6.27. The van der Waals surface area contributed by atoms with Gasteiger partial charge in [0.2, 0.25) is 5.91 Å². The summed E-state index contributed by atoms with van der Waals surface area (Å²) in [5, 5.41) is 6.25. The monoisotopic (exact) mass is 238 g/mol. The minimum absolute atomic E-state index is 0.0718. The Bertz CT molecular complexity index is 245. The lowest BCUT2D eigenvalue weighted by atomic mass is 9.84. The molecule has 0 aliphatic heterocycles. The Morgan fingerprint density at radius 1 is 1.41 bits per heavy atom. The molecule has 0 bridgehead atoms. The van der Waals surface area contributed by atoms with Crippen LogP contribution < -0.4 is 10.6 Å². The Morgan fingerprint density at radius 3 is 2.59 bits per heavy atom. The molecule has 1 unspecified atom stereocenters. The van der Waals surface area contributed by atoms with Crippen molar-refractivity contribution >= 4 is 5.91 Å². The smallest absolute Gasteiger partial charge is 0.237 e. The molecule has 1 rings (SSSR count). The van der Waals surface area contributed by atoms with Gasteiger partial charge in [-0.1, -0.05) is 19.4 Å². The minimum atomic E-state index is -0.0990. The van der Waals surface area contributed by atoms with E-state index in [2.05, 4.69) is 24.1 Å². The molecule has 17 heavy (non-hydrogen) atoms. The van der Waals surface area contributed by atoms with Gasteiger partial charge in [-0.3, -0.25) is 4.79 Å². The van der Waals surface area contributed by atoms with Crippen LogP contribution in [0.2, 0.25) is 0 Å². The molecule has 1 atom stereocenters. The topological polar surface area (TPSA) is 41.1 Å². The Labute approximate surface area is 105 Å². The zero-order chi connectivity index (χ0) is 12.7. The summed E-state index contributed by atoms with van der Waals surface area (Å²) >= 11 is 0. The molecule has 0 aromatic carbocycles. The molecule has 1 aliphatic rings. The van der Waals surface area contributed by atoms with Crippen LogP contribution in [-0.2, 0) is 4.79 Å². The molecule has 1 amide bonds. The van der Waals surface area contributed by atoms with Gasteiger partial charge >= 0.3 is 0 Å². The molecule has 98 valence electrons. The summed E-state index contributed by atoms with van der Waals surface area (Å²) in [6.07, 6.45) is 8.01. The molecular weight excluding hydrogens is 212 g/mol. The van der Waals surface area contributed by atoms with Crippen LogP contribution in [0.15, 0.2) is 12.7 Å². The molecular formula is C14H26N2O. The predicted octanol–water partition coefficient (Wildman–Crippen LogP) is 2.24. The summed E-state index contributed by atoms with van der Waals surface area (Å²) in [7, 11) is 0. The first-order valence-electron chi connectivity index (χ1n) is 6.82. The maximum absolute atomic E-state index is 11.7. The second-order valence-corrected chi connectivity index (χ2v) is 5.05. The van der Waals surface area contributed by atoms with Gasteiger partial charge in [0.05, 0.1) is 6.04 Å². The van der Waals surface area contributed by atoms with Crippen molar-refractivity contribution in [2.24, 2.45) is 5.92 Å². The third-order valence-corrected chi connectivity index (χ3v) is 3.72. The molecule has 0 saturated heterocycles. The molecule has 1 fully saturated rings.